The predicted molar refractivity (Wildman–Crippen MR) is 82.4 cm³/mol. The van der Waals surface area contributed by atoms with Gasteiger partial charge in [0.1, 0.15) is 0 Å². The van der Waals surface area contributed by atoms with Gasteiger partial charge in [0.25, 0.3) is 5.56 Å². The van der Waals surface area contributed by atoms with Crippen molar-refractivity contribution in [3.8, 4) is 0 Å². The van der Waals surface area contributed by atoms with E-state index in [2.05, 4.69) is 15.4 Å². The van der Waals surface area contributed by atoms with Crippen molar-refractivity contribution in [3.05, 3.63) is 27.2 Å². The number of nitrogens with zero attached hydrogens (tertiary/aromatic N) is 2. The molecule has 114 valence electrons. The van der Waals surface area contributed by atoms with Gasteiger partial charge in [0.05, 0.1) is 11.8 Å². The minimum Gasteiger partial charge on any atom is -0.353 e. The lowest BCUT2D eigenvalue weighted by Gasteiger charge is -2.14. The smallest absolute Gasteiger partial charge is 0.273 e. The van der Waals surface area contributed by atoms with Gasteiger partial charge in [0, 0.05) is 18.8 Å². The molecule has 0 spiro atoms. The van der Waals surface area contributed by atoms with Gasteiger partial charge in [-0.1, -0.05) is 6.92 Å². The quantitative estimate of drug-likeness (QED) is 0.891. The van der Waals surface area contributed by atoms with Crippen LogP contribution in [-0.4, -0.2) is 26.7 Å². The van der Waals surface area contributed by atoms with Crippen LogP contribution in [0.25, 0.3) is 11.0 Å². The maximum Gasteiger partial charge on any atom is 0.273 e. The van der Waals surface area contributed by atoms with Crippen LogP contribution in [0, 0.1) is 13.8 Å². The minimum atomic E-state index is -0.166. The van der Waals surface area contributed by atoms with Gasteiger partial charge in [-0.25, -0.2) is 4.98 Å². The maximum atomic E-state index is 12.1. The number of carbonyl (C=O) groups excluding carboxylic acids is 1. The molecular formula is C15H22N4O2. The van der Waals surface area contributed by atoms with Crippen LogP contribution in [0.15, 0.2) is 4.79 Å². The van der Waals surface area contributed by atoms with E-state index in [0.717, 1.165) is 23.2 Å². The lowest BCUT2D eigenvalue weighted by molar-refractivity contribution is -0.121. The second-order valence-electron chi connectivity index (χ2n) is 5.55. The maximum absolute atomic E-state index is 12.1. The Labute approximate surface area is 123 Å². The molecule has 2 heterocycles. The Morgan fingerprint density at radius 2 is 2.10 bits per heavy atom. The van der Waals surface area contributed by atoms with E-state index in [9.17, 15) is 9.59 Å². The van der Waals surface area contributed by atoms with Crippen molar-refractivity contribution in [2.45, 2.75) is 46.6 Å². The summed E-state index contributed by atoms with van der Waals surface area (Å²) in [7, 11) is 1.75. The number of amides is 1. The summed E-state index contributed by atoms with van der Waals surface area (Å²) < 4.78 is 1.61. The van der Waals surface area contributed by atoms with E-state index >= 15 is 0 Å². The van der Waals surface area contributed by atoms with Crippen LogP contribution < -0.4 is 10.9 Å². The van der Waals surface area contributed by atoms with Gasteiger partial charge in [-0.05, 0) is 38.3 Å². The second kappa shape index (κ2) is 5.71. The molecule has 0 aliphatic carbocycles. The molecule has 0 unspecified atom stereocenters. The molecule has 2 aromatic rings. The standard InChI is InChI=1S/C15H22N4O2/c1-6-8(2)16-12(20)7-11-9(3)13-14(17-10(11)4)19(5)18-15(13)21/h8H,6-7H2,1-5H3,(H,16,20)(H,18,21)/t8-/m0/s1. The number of fused-ring (bicyclic) bond motifs is 1. The number of rotatable bonds is 4. The van der Waals surface area contributed by atoms with Gasteiger partial charge >= 0.3 is 0 Å². The number of aryl methyl sites for hydroxylation is 3. The summed E-state index contributed by atoms with van der Waals surface area (Å²) in [5, 5.41) is 6.21. The number of aromatic nitrogens is 3. The first-order valence-corrected chi connectivity index (χ1v) is 7.19. The molecule has 0 fully saturated rings. The summed E-state index contributed by atoms with van der Waals surface area (Å²) in [6.45, 7) is 7.74. The molecule has 6 heteroatoms. The normalized spacial score (nSPS) is 12.6. The minimum absolute atomic E-state index is 0.0379. The first kappa shape index (κ1) is 15.3. The van der Waals surface area contributed by atoms with E-state index in [0.29, 0.717) is 11.0 Å². The molecule has 0 saturated heterocycles. The van der Waals surface area contributed by atoms with E-state index in [4.69, 9.17) is 0 Å². The first-order valence-electron chi connectivity index (χ1n) is 7.19. The van der Waals surface area contributed by atoms with Crippen molar-refractivity contribution in [2.75, 3.05) is 0 Å². The molecule has 2 N–H and O–H groups in total. The largest absolute Gasteiger partial charge is 0.353 e. The van der Waals surface area contributed by atoms with Gasteiger partial charge in [-0.3, -0.25) is 19.4 Å². The van der Waals surface area contributed by atoms with E-state index in [-0.39, 0.29) is 23.9 Å². The number of hydrogen-bond acceptors (Lipinski definition) is 3. The van der Waals surface area contributed by atoms with Crippen LogP contribution in [-0.2, 0) is 18.3 Å². The third-order valence-electron chi connectivity index (χ3n) is 3.93. The van der Waals surface area contributed by atoms with Crippen LogP contribution >= 0.6 is 0 Å². The molecule has 6 nitrogen and oxygen atoms in total. The highest BCUT2D eigenvalue weighted by Crippen LogP contribution is 2.20. The van der Waals surface area contributed by atoms with Crippen molar-refractivity contribution in [1.82, 2.24) is 20.1 Å². The summed E-state index contributed by atoms with van der Waals surface area (Å²) in [6.07, 6.45) is 1.14. The number of nitrogens with one attached hydrogen (secondary N) is 2. The van der Waals surface area contributed by atoms with Gasteiger partial charge in [0.2, 0.25) is 5.91 Å². The SMILES string of the molecule is CC[C@H](C)NC(=O)Cc1c(C)nc2c(c1C)c(=O)[nH]n2C. The molecule has 0 radical (unpaired) electrons. The molecule has 1 amide bonds. The van der Waals surface area contributed by atoms with Crippen molar-refractivity contribution in [3.63, 3.8) is 0 Å². The Morgan fingerprint density at radius 1 is 1.43 bits per heavy atom. The Balaban J connectivity index is 2.43. The lowest BCUT2D eigenvalue weighted by Crippen LogP contribution is -2.33. The Bertz CT molecular complexity index is 742. The van der Waals surface area contributed by atoms with Crippen LogP contribution in [0.4, 0.5) is 0 Å². The number of aromatic amines is 1. The molecule has 0 saturated carbocycles. The van der Waals surface area contributed by atoms with E-state index in [1.54, 1.807) is 11.7 Å². The van der Waals surface area contributed by atoms with Crippen LogP contribution in [0.5, 0.6) is 0 Å². The van der Waals surface area contributed by atoms with Crippen LogP contribution in [0.2, 0.25) is 0 Å². The van der Waals surface area contributed by atoms with E-state index in [1.165, 1.54) is 0 Å². The molecule has 2 rings (SSSR count). The third-order valence-corrected chi connectivity index (χ3v) is 3.93. The highest BCUT2D eigenvalue weighted by molar-refractivity contribution is 5.84. The van der Waals surface area contributed by atoms with E-state index < -0.39 is 0 Å². The first-order chi connectivity index (χ1) is 9.85. The highest BCUT2D eigenvalue weighted by Gasteiger charge is 2.17. The lowest BCUT2D eigenvalue weighted by atomic mass is 10.0. The fourth-order valence-corrected chi connectivity index (χ4v) is 2.50. The fourth-order valence-electron chi connectivity index (χ4n) is 2.50. The molecule has 0 aromatic carbocycles. The van der Waals surface area contributed by atoms with E-state index in [1.807, 2.05) is 27.7 Å². The Hall–Kier alpha value is -2.11. The molecule has 1 atom stereocenters. The van der Waals surface area contributed by atoms with Gasteiger partial charge in [0.15, 0.2) is 5.65 Å². The average Bonchev–Trinajstić information content (AvgIpc) is 2.69. The average molecular weight is 290 g/mol. The second-order valence-corrected chi connectivity index (χ2v) is 5.55. The summed E-state index contributed by atoms with van der Waals surface area (Å²) >= 11 is 0. The number of hydrogen-bond donors (Lipinski definition) is 2. The molecule has 2 aromatic heterocycles. The van der Waals surface area contributed by atoms with Crippen molar-refractivity contribution in [1.29, 1.82) is 0 Å². The molecule has 0 aliphatic rings. The number of carbonyl (C=O) groups is 1. The highest BCUT2D eigenvalue weighted by atomic mass is 16.1. The monoisotopic (exact) mass is 290 g/mol. The van der Waals surface area contributed by atoms with Crippen LogP contribution in [0.3, 0.4) is 0 Å². The van der Waals surface area contributed by atoms with Gasteiger partial charge in [-0.15, -0.1) is 0 Å². The third kappa shape index (κ3) is 2.84. The fraction of sp³-hybridized carbons (Fsp3) is 0.533. The van der Waals surface area contributed by atoms with Gasteiger partial charge in [-0.2, -0.15) is 0 Å². The van der Waals surface area contributed by atoms with Crippen molar-refractivity contribution >= 4 is 16.9 Å². The topological polar surface area (TPSA) is 79.8 Å². The van der Waals surface area contributed by atoms with Crippen LogP contribution in [0.1, 0.15) is 37.1 Å². The summed E-state index contributed by atoms with van der Waals surface area (Å²) in [5.41, 5.74) is 2.91. The van der Waals surface area contributed by atoms with Crippen molar-refractivity contribution in [2.24, 2.45) is 7.05 Å². The summed E-state index contributed by atoms with van der Waals surface area (Å²) in [5.74, 6) is -0.0379. The molecule has 0 bridgehead atoms. The number of pyridine rings is 1. The summed E-state index contributed by atoms with van der Waals surface area (Å²) in [4.78, 5) is 28.5. The molecule has 0 aliphatic heterocycles. The predicted octanol–water partition coefficient (Wildman–Crippen LogP) is 1.34. The zero-order valence-electron chi connectivity index (χ0n) is 13.2. The molecule has 21 heavy (non-hydrogen) atoms. The molecular weight excluding hydrogens is 268 g/mol. The van der Waals surface area contributed by atoms with Gasteiger partial charge < -0.3 is 5.32 Å². The Kier molecular flexibility index (Phi) is 4.16. The zero-order valence-corrected chi connectivity index (χ0v) is 13.2. The summed E-state index contributed by atoms with van der Waals surface area (Å²) in [6, 6.07) is 0.148. The zero-order chi connectivity index (χ0) is 15.7. The van der Waals surface area contributed by atoms with Crippen molar-refractivity contribution < 1.29 is 4.79 Å². The Morgan fingerprint density at radius 3 is 2.71 bits per heavy atom. The number of H-pyrrole nitrogens is 1.